The molecule has 1 aromatic carbocycles. The molecule has 2 rings (SSSR count). The fraction of sp³-hybridized carbons (Fsp3) is 0.188. The summed E-state index contributed by atoms with van der Waals surface area (Å²) in [6, 6.07) is 8.40. The van der Waals surface area contributed by atoms with Gasteiger partial charge in [-0.15, -0.1) is 0 Å². The number of amides is 3. The summed E-state index contributed by atoms with van der Waals surface area (Å²) in [5.41, 5.74) is 1.06. The van der Waals surface area contributed by atoms with Gasteiger partial charge in [0.1, 0.15) is 0 Å². The third kappa shape index (κ3) is 5.36. The van der Waals surface area contributed by atoms with E-state index in [1.165, 1.54) is 23.3 Å². The molecule has 126 valence electrons. The van der Waals surface area contributed by atoms with Gasteiger partial charge in [0, 0.05) is 28.7 Å². The molecule has 0 unspecified atom stereocenters. The van der Waals surface area contributed by atoms with Gasteiger partial charge in [0.05, 0.1) is 13.1 Å². The third-order valence-corrected chi connectivity index (χ3v) is 4.02. The van der Waals surface area contributed by atoms with Crippen molar-refractivity contribution in [1.82, 2.24) is 10.2 Å². The minimum Gasteiger partial charge on any atom is -0.343 e. The van der Waals surface area contributed by atoms with E-state index in [0.717, 1.165) is 0 Å². The molecule has 0 bridgehead atoms. The van der Waals surface area contributed by atoms with E-state index in [2.05, 4.69) is 10.6 Å². The molecule has 1 heterocycles. The van der Waals surface area contributed by atoms with E-state index in [0.29, 0.717) is 16.3 Å². The Morgan fingerprint density at radius 2 is 2.04 bits per heavy atom. The van der Waals surface area contributed by atoms with Gasteiger partial charge in [-0.2, -0.15) is 11.3 Å². The Balaban J connectivity index is 1.78. The summed E-state index contributed by atoms with van der Waals surface area (Å²) in [5, 5.41) is 9.16. The molecule has 0 fully saturated rings. The molecule has 2 aromatic rings. The van der Waals surface area contributed by atoms with Gasteiger partial charge in [0.15, 0.2) is 0 Å². The lowest BCUT2D eigenvalue weighted by Gasteiger charge is -2.17. The van der Waals surface area contributed by atoms with Gasteiger partial charge in [-0.05, 0) is 29.6 Å². The van der Waals surface area contributed by atoms with E-state index in [4.69, 9.17) is 11.6 Å². The Morgan fingerprint density at radius 1 is 1.25 bits per heavy atom. The maximum atomic E-state index is 12.0. The van der Waals surface area contributed by atoms with Gasteiger partial charge in [-0.25, -0.2) is 0 Å². The van der Waals surface area contributed by atoms with Crippen LogP contribution in [-0.2, 0) is 9.59 Å². The van der Waals surface area contributed by atoms with Crippen LogP contribution in [0.4, 0.5) is 5.69 Å². The number of benzene rings is 1. The van der Waals surface area contributed by atoms with Gasteiger partial charge in [0.2, 0.25) is 11.8 Å². The normalized spacial score (nSPS) is 10.1. The van der Waals surface area contributed by atoms with Crippen LogP contribution >= 0.6 is 22.9 Å². The van der Waals surface area contributed by atoms with E-state index in [9.17, 15) is 14.4 Å². The van der Waals surface area contributed by atoms with Crippen molar-refractivity contribution in [1.29, 1.82) is 0 Å². The number of nitrogens with zero attached hydrogens (tertiary/aromatic N) is 1. The van der Waals surface area contributed by atoms with Crippen molar-refractivity contribution in [2.24, 2.45) is 0 Å². The second-order valence-electron chi connectivity index (χ2n) is 5.00. The largest absolute Gasteiger partial charge is 0.343 e. The number of halogens is 1. The molecule has 0 aliphatic heterocycles. The highest BCUT2D eigenvalue weighted by atomic mass is 35.5. The standard InChI is InChI=1S/C16H16ClN3O3S/c1-20(9-14(21)19-13-4-2-3-12(17)7-13)15(22)8-18-16(23)11-5-6-24-10-11/h2-7,10H,8-9H2,1H3,(H,18,23)(H,19,21). The third-order valence-electron chi connectivity index (χ3n) is 3.10. The minimum absolute atomic E-state index is 0.125. The highest BCUT2D eigenvalue weighted by Crippen LogP contribution is 2.14. The molecular weight excluding hydrogens is 350 g/mol. The lowest BCUT2D eigenvalue weighted by molar-refractivity contribution is -0.132. The Hall–Kier alpha value is -2.38. The number of carbonyl (C=O) groups is 3. The first-order chi connectivity index (χ1) is 11.5. The molecule has 1 aromatic heterocycles. The zero-order valence-electron chi connectivity index (χ0n) is 12.9. The van der Waals surface area contributed by atoms with Crippen molar-refractivity contribution in [3.05, 3.63) is 51.7 Å². The lowest BCUT2D eigenvalue weighted by Crippen LogP contribution is -2.41. The summed E-state index contributed by atoms with van der Waals surface area (Å²) in [6.07, 6.45) is 0. The molecule has 8 heteroatoms. The number of nitrogens with one attached hydrogen (secondary N) is 2. The molecule has 24 heavy (non-hydrogen) atoms. The van der Waals surface area contributed by atoms with Crippen LogP contribution in [0.25, 0.3) is 0 Å². The molecular formula is C16H16ClN3O3S. The van der Waals surface area contributed by atoms with Gasteiger partial charge in [-0.3, -0.25) is 14.4 Å². The van der Waals surface area contributed by atoms with Gasteiger partial charge in [0.25, 0.3) is 5.91 Å². The molecule has 0 saturated heterocycles. The summed E-state index contributed by atoms with van der Waals surface area (Å²) < 4.78 is 0. The van der Waals surface area contributed by atoms with E-state index < -0.39 is 0 Å². The van der Waals surface area contributed by atoms with E-state index in [-0.39, 0.29) is 30.8 Å². The monoisotopic (exact) mass is 365 g/mol. The number of hydrogen-bond donors (Lipinski definition) is 2. The Morgan fingerprint density at radius 3 is 2.71 bits per heavy atom. The SMILES string of the molecule is CN(CC(=O)Nc1cccc(Cl)c1)C(=O)CNC(=O)c1ccsc1. The molecule has 0 aliphatic carbocycles. The fourth-order valence-electron chi connectivity index (χ4n) is 1.86. The van der Waals surface area contributed by atoms with Crippen LogP contribution in [-0.4, -0.2) is 42.8 Å². The van der Waals surface area contributed by atoms with Crippen LogP contribution in [0, 0.1) is 0 Å². The van der Waals surface area contributed by atoms with Crippen LogP contribution < -0.4 is 10.6 Å². The quantitative estimate of drug-likeness (QED) is 0.824. The Kier molecular flexibility index (Phi) is 6.34. The number of hydrogen-bond acceptors (Lipinski definition) is 4. The molecule has 0 aliphatic rings. The van der Waals surface area contributed by atoms with Crippen molar-refractivity contribution in [3.63, 3.8) is 0 Å². The Labute approximate surface area is 148 Å². The summed E-state index contributed by atoms with van der Waals surface area (Å²) in [6.45, 7) is -0.296. The average Bonchev–Trinajstić information content (AvgIpc) is 3.06. The van der Waals surface area contributed by atoms with Crippen molar-refractivity contribution in [2.45, 2.75) is 0 Å². The second-order valence-corrected chi connectivity index (χ2v) is 6.22. The summed E-state index contributed by atoms with van der Waals surface area (Å²) in [4.78, 5) is 36.9. The molecule has 3 amide bonds. The summed E-state index contributed by atoms with van der Waals surface area (Å²) in [5.74, 6) is -1.03. The van der Waals surface area contributed by atoms with Gasteiger partial charge < -0.3 is 15.5 Å². The molecule has 0 atom stereocenters. The first kappa shape index (κ1) is 18.0. The first-order valence-electron chi connectivity index (χ1n) is 7.05. The summed E-state index contributed by atoms with van der Waals surface area (Å²) >= 11 is 7.24. The number of carbonyl (C=O) groups excluding carboxylic acids is 3. The van der Waals surface area contributed by atoms with E-state index >= 15 is 0 Å². The molecule has 6 nitrogen and oxygen atoms in total. The van der Waals surface area contributed by atoms with Crippen molar-refractivity contribution < 1.29 is 14.4 Å². The number of rotatable bonds is 6. The van der Waals surface area contributed by atoms with E-state index in [1.807, 2.05) is 0 Å². The van der Waals surface area contributed by atoms with Crippen molar-refractivity contribution in [3.8, 4) is 0 Å². The Bertz CT molecular complexity index is 734. The van der Waals surface area contributed by atoms with E-state index in [1.54, 1.807) is 41.1 Å². The molecule has 0 radical (unpaired) electrons. The molecule has 0 spiro atoms. The lowest BCUT2D eigenvalue weighted by atomic mass is 10.3. The van der Waals surface area contributed by atoms with Crippen LogP contribution in [0.3, 0.4) is 0 Å². The molecule has 0 saturated carbocycles. The van der Waals surface area contributed by atoms with Gasteiger partial charge in [-0.1, -0.05) is 17.7 Å². The highest BCUT2D eigenvalue weighted by molar-refractivity contribution is 7.08. The van der Waals surface area contributed by atoms with Crippen LogP contribution in [0.1, 0.15) is 10.4 Å². The number of thiophene rings is 1. The maximum absolute atomic E-state index is 12.0. The van der Waals surface area contributed by atoms with Crippen LogP contribution in [0.2, 0.25) is 5.02 Å². The van der Waals surface area contributed by atoms with Crippen LogP contribution in [0.15, 0.2) is 41.1 Å². The minimum atomic E-state index is -0.361. The smallest absolute Gasteiger partial charge is 0.252 e. The van der Waals surface area contributed by atoms with Gasteiger partial charge >= 0.3 is 0 Å². The predicted molar refractivity (Wildman–Crippen MR) is 94.4 cm³/mol. The zero-order valence-corrected chi connectivity index (χ0v) is 14.5. The summed E-state index contributed by atoms with van der Waals surface area (Å²) in [7, 11) is 1.50. The number of likely N-dealkylation sites (N-methyl/N-ethyl adjacent to an activating group) is 1. The van der Waals surface area contributed by atoms with Crippen LogP contribution in [0.5, 0.6) is 0 Å². The van der Waals surface area contributed by atoms with Crippen molar-refractivity contribution in [2.75, 3.05) is 25.5 Å². The maximum Gasteiger partial charge on any atom is 0.252 e. The zero-order chi connectivity index (χ0) is 17.5. The number of anilines is 1. The second kappa shape index (κ2) is 8.47. The topological polar surface area (TPSA) is 78.5 Å². The fourth-order valence-corrected chi connectivity index (χ4v) is 2.68. The first-order valence-corrected chi connectivity index (χ1v) is 8.37. The van der Waals surface area contributed by atoms with Crippen molar-refractivity contribution >= 4 is 46.3 Å². The predicted octanol–water partition coefficient (Wildman–Crippen LogP) is 2.23. The average molecular weight is 366 g/mol. The molecule has 2 N–H and O–H groups in total. The highest BCUT2D eigenvalue weighted by Gasteiger charge is 2.15.